The van der Waals surface area contributed by atoms with Gasteiger partial charge in [0.05, 0.1) is 17.1 Å². The minimum atomic E-state index is -0.430. The van der Waals surface area contributed by atoms with Gasteiger partial charge in [0.2, 0.25) is 5.88 Å². The van der Waals surface area contributed by atoms with Crippen LogP contribution in [0.15, 0.2) is 53.1 Å². The first-order chi connectivity index (χ1) is 14.4. The summed E-state index contributed by atoms with van der Waals surface area (Å²) in [7, 11) is 0. The highest BCUT2D eigenvalue weighted by molar-refractivity contribution is 6.31. The van der Waals surface area contributed by atoms with Gasteiger partial charge in [-0.2, -0.15) is 5.10 Å². The van der Waals surface area contributed by atoms with Gasteiger partial charge in [-0.1, -0.05) is 41.0 Å². The molecule has 152 valence electrons. The van der Waals surface area contributed by atoms with Crippen molar-refractivity contribution in [2.24, 2.45) is 0 Å². The monoisotopic (exact) mass is 421 g/mol. The quantitative estimate of drug-likeness (QED) is 0.486. The summed E-state index contributed by atoms with van der Waals surface area (Å²) in [5.41, 5.74) is 11.0. The van der Waals surface area contributed by atoms with Crippen molar-refractivity contribution in [2.45, 2.75) is 20.8 Å². The van der Waals surface area contributed by atoms with Crippen LogP contribution < -0.4 is 11.1 Å². The van der Waals surface area contributed by atoms with Crippen LogP contribution in [0.5, 0.6) is 0 Å². The number of rotatable bonds is 4. The smallest absolute Gasteiger partial charge is 0.263 e. The van der Waals surface area contributed by atoms with Gasteiger partial charge in [0, 0.05) is 16.3 Å². The van der Waals surface area contributed by atoms with Gasteiger partial charge in [0.15, 0.2) is 0 Å². The topological polar surface area (TPSA) is 99.0 Å². The van der Waals surface area contributed by atoms with E-state index in [2.05, 4.69) is 15.6 Å². The Morgan fingerprint density at radius 1 is 1.10 bits per heavy atom. The van der Waals surface area contributed by atoms with Crippen molar-refractivity contribution in [1.82, 2.24) is 14.9 Å². The minimum absolute atomic E-state index is 0.0616. The number of nitrogen functional groups attached to an aromatic ring is 1. The number of aryl methyl sites for hydroxylation is 1. The number of anilines is 2. The van der Waals surface area contributed by atoms with Crippen LogP contribution in [0.1, 0.15) is 27.3 Å². The normalized spacial score (nSPS) is 10.9. The number of carbonyl (C=O) groups is 1. The Morgan fingerprint density at radius 3 is 2.57 bits per heavy atom. The average molecular weight is 422 g/mol. The van der Waals surface area contributed by atoms with E-state index in [-0.39, 0.29) is 11.4 Å². The number of nitrogens with zero attached hydrogens (tertiary/aromatic N) is 3. The van der Waals surface area contributed by atoms with Crippen LogP contribution in [0.25, 0.3) is 16.9 Å². The molecule has 0 atom stereocenters. The van der Waals surface area contributed by atoms with Crippen molar-refractivity contribution in [2.75, 3.05) is 11.1 Å². The van der Waals surface area contributed by atoms with Gasteiger partial charge in [0.25, 0.3) is 5.91 Å². The van der Waals surface area contributed by atoms with E-state index in [1.165, 1.54) is 0 Å². The molecule has 4 rings (SSSR count). The Kier molecular flexibility index (Phi) is 5.05. The molecule has 0 aliphatic carbocycles. The average Bonchev–Trinajstić information content (AvgIpc) is 3.24. The van der Waals surface area contributed by atoms with Crippen LogP contribution in [0.4, 0.5) is 11.6 Å². The molecular weight excluding hydrogens is 402 g/mol. The Bertz CT molecular complexity index is 1240. The lowest BCUT2D eigenvalue weighted by Crippen LogP contribution is -2.15. The maximum Gasteiger partial charge on any atom is 0.263 e. The fraction of sp³-hybridized carbons (Fsp3) is 0.136. The zero-order valence-electron chi connectivity index (χ0n) is 16.7. The van der Waals surface area contributed by atoms with E-state index < -0.39 is 5.91 Å². The summed E-state index contributed by atoms with van der Waals surface area (Å²) in [6.45, 7) is 5.60. The summed E-state index contributed by atoms with van der Waals surface area (Å²) in [6, 6.07) is 15.0. The summed E-state index contributed by atoms with van der Waals surface area (Å²) in [5.74, 6) is -0.492. The molecule has 2 heterocycles. The maximum absolute atomic E-state index is 13.1. The molecule has 2 aromatic carbocycles. The van der Waals surface area contributed by atoms with Crippen LogP contribution in [0, 0.1) is 20.8 Å². The lowest BCUT2D eigenvalue weighted by atomic mass is 10.0. The second kappa shape index (κ2) is 7.68. The SMILES string of the molecule is Cc1nn(-c2ccccc2)c(C)c1-c1noc(N)c1C(=O)Nc1cccc(Cl)c1C. The molecule has 3 N–H and O–H groups in total. The number of nitrogens with two attached hydrogens (primary N) is 1. The molecule has 0 aliphatic heterocycles. The van der Waals surface area contributed by atoms with Crippen LogP contribution in [0.3, 0.4) is 0 Å². The number of halogens is 1. The van der Waals surface area contributed by atoms with Crippen molar-refractivity contribution >= 4 is 29.1 Å². The van der Waals surface area contributed by atoms with E-state index in [4.69, 9.17) is 21.9 Å². The molecule has 0 bridgehead atoms. The van der Waals surface area contributed by atoms with Crippen LogP contribution in [-0.4, -0.2) is 20.8 Å². The predicted octanol–water partition coefficient (Wildman–Crippen LogP) is 4.94. The Balaban J connectivity index is 1.77. The molecule has 0 saturated heterocycles. The second-order valence-corrected chi connectivity index (χ2v) is 7.34. The number of amides is 1. The van der Waals surface area contributed by atoms with Gasteiger partial charge >= 0.3 is 0 Å². The first-order valence-electron chi connectivity index (χ1n) is 9.32. The second-order valence-electron chi connectivity index (χ2n) is 6.93. The highest BCUT2D eigenvalue weighted by Crippen LogP contribution is 2.34. The zero-order chi connectivity index (χ0) is 21.4. The number of para-hydroxylation sites is 1. The fourth-order valence-corrected chi connectivity index (χ4v) is 3.60. The summed E-state index contributed by atoms with van der Waals surface area (Å²) in [6.07, 6.45) is 0. The molecule has 0 aliphatic rings. The molecule has 8 heteroatoms. The van der Waals surface area contributed by atoms with E-state index in [1.807, 2.05) is 51.1 Å². The Hall–Kier alpha value is -3.58. The summed E-state index contributed by atoms with van der Waals surface area (Å²) >= 11 is 6.17. The minimum Gasteiger partial charge on any atom is -0.367 e. The first kappa shape index (κ1) is 19.7. The lowest BCUT2D eigenvalue weighted by molar-refractivity contribution is 0.102. The largest absolute Gasteiger partial charge is 0.367 e. The predicted molar refractivity (Wildman–Crippen MR) is 117 cm³/mol. The highest BCUT2D eigenvalue weighted by Gasteiger charge is 2.27. The third-order valence-corrected chi connectivity index (χ3v) is 5.40. The van der Waals surface area contributed by atoms with Crippen molar-refractivity contribution in [3.63, 3.8) is 0 Å². The van der Waals surface area contributed by atoms with Gasteiger partial charge in [-0.05, 0) is 50.6 Å². The van der Waals surface area contributed by atoms with Gasteiger partial charge in [0.1, 0.15) is 11.3 Å². The number of nitrogens with one attached hydrogen (secondary N) is 1. The third kappa shape index (κ3) is 3.33. The summed E-state index contributed by atoms with van der Waals surface area (Å²) in [5, 5.41) is 12.1. The Labute approximate surface area is 178 Å². The highest BCUT2D eigenvalue weighted by atomic mass is 35.5. The van der Waals surface area contributed by atoms with Crippen molar-refractivity contribution < 1.29 is 9.32 Å². The number of hydrogen-bond donors (Lipinski definition) is 2. The van der Waals surface area contributed by atoms with Crippen molar-refractivity contribution in [1.29, 1.82) is 0 Å². The molecule has 1 amide bonds. The molecule has 4 aromatic rings. The Morgan fingerprint density at radius 2 is 1.83 bits per heavy atom. The molecule has 0 spiro atoms. The molecule has 0 radical (unpaired) electrons. The molecule has 2 aromatic heterocycles. The van der Waals surface area contributed by atoms with E-state index in [0.29, 0.717) is 27.7 Å². The number of carbonyl (C=O) groups excluding carboxylic acids is 1. The van der Waals surface area contributed by atoms with Crippen molar-refractivity contribution in [3.05, 3.63) is 76.1 Å². The van der Waals surface area contributed by atoms with Crippen LogP contribution in [0.2, 0.25) is 5.02 Å². The van der Waals surface area contributed by atoms with Gasteiger partial charge in [-0.3, -0.25) is 4.79 Å². The lowest BCUT2D eigenvalue weighted by Gasteiger charge is -2.10. The van der Waals surface area contributed by atoms with E-state index in [9.17, 15) is 4.79 Å². The first-order valence-corrected chi connectivity index (χ1v) is 9.70. The standard InChI is InChI=1S/C22H20ClN5O2/c1-12-16(23)10-7-11-17(12)25-22(29)19-20(27-30-21(19)24)18-13(2)26-28(14(18)3)15-8-5-4-6-9-15/h4-11H,24H2,1-3H3,(H,25,29). The van der Waals surface area contributed by atoms with Crippen LogP contribution >= 0.6 is 11.6 Å². The fourth-order valence-electron chi connectivity index (χ4n) is 3.43. The van der Waals surface area contributed by atoms with Gasteiger partial charge in [-0.25, -0.2) is 4.68 Å². The summed E-state index contributed by atoms with van der Waals surface area (Å²) < 4.78 is 7.00. The molecule has 0 unspecified atom stereocenters. The van der Waals surface area contributed by atoms with E-state index in [0.717, 1.165) is 16.9 Å². The number of aromatic nitrogens is 3. The van der Waals surface area contributed by atoms with E-state index >= 15 is 0 Å². The summed E-state index contributed by atoms with van der Waals surface area (Å²) in [4.78, 5) is 13.1. The van der Waals surface area contributed by atoms with Crippen molar-refractivity contribution in [3.8, 4) is 16.9 Å². The molecule has 0 fully saturated rings. The zero-order valence-corrected chi connectivity index (χ0v) is 17.5. The maximum atomic E-state index is 13.1. The van der Waals surface area contributed by atoms with Crippen LogP contribution in [-0.2, 0) is 0 Å². The molecule has 7 nitrogen and oxygen atoms in total. The number of hydrogen-bond acceptors (Lipinski definition) is 5. The van der Waals surface area contributed by atoms with Gasteiger partial charge in [-0.15, -0.1) is 0 Å². The number of benzene rings is 2. The molecule has 30 heavy (non-hydrogen) atoms. The van der Waals surface area contributed by atoms with E-state index in [1.54, 1.807) is 22.9 Å². The van der Waals surface area contributed by atoms with Gasteiger partial charge < -0.3 is 15.6 Å². The third-order valence-electron chi connectivity index (χ3n) is 4.99. The molecule has 0 saturated carbocycles. The molecular formula is C22H20ClN5O2.